The van der Waals surface area contributed by atoms with E-state index >= 15 is 0 Å². The van der Waals surface area contributed by atoms with Gasteiger partial charge in [0.25, 0.3) is 0 Å². The first-order chi connectivity index (χ1) is 14.2. The highest BCUT2D eigenvalue weighted by atomic mass is 35.5. The molecule has 1 N–H and O–H groups in total. The van der Waals surface area contributed by atoms with Gasteiger partial charge in [-0.25, -0.2) is 12.7 Å². The summed E-state index contributed by atoms with van der Waals surface area (Å²) in [6.45, 7) is 4.86. The lowest BCUT2D eigenvalue weighted by atomic mass is 9.99. The van der Waals surface area contributed by atoms with Crippen LogP contribution in [0.1, 0.15) is 32.3 Å². The van der Waals surface area contributed by atoms with Gasteiger partial charge in [0, 0.05) is 23.9 Å². The van der Waals surface area contributed by atoms with E-state index in [2.05, 4.69) is 29.4 Å². The van der Waals surface area contributed by atoms with Gasteiger partial charge in [-0.1, -0.05) is 60.7 Å². The molecular weight excluding hydrogens is 464 g/mol. The van der Waals surface area contributed by atoms with Gasteiger partial charge in [0.05, 0.1) is 11.7 Å². The van der Waals surface area contributed by atoms with Gasteiger partial charge in [-0.15, -0.1) is 10.2 Å². The summed E-state index contributed by atoms with van der Waals surface area (Å²) in [5.74, 6) is 0.754. The first-order valence-electron chi connectivity index (χ1n) is 9.72. The lowest BCUT2D eigenvalue weighted by molar-refractivity contribution is -0.120. The molecule has 0 unspecified atom stereocenters. The van der Waals surface area contributed by atoms with E-state index in [1.807, 2.05) is 0 Å². The normalized spacial score (nSPS) is 17.9. The maximum atomic E-state index is 12.8. The standard InChI is InChI=1S/C19H25ClN4O3S3/c1-13(2)11-28-19-23-22-18(29-19)21-17(25)15-4-3-9-24(10-15)30(26,27)12-14-5-7-16(20)8-6-14/h5-8,13,15H,3-4,9-12H2,1-2H3,(H,21,22,25)/t15-/m0/s1. The quantitative estimate of drug-likeness (QED) is 0.444. The largest absolute Gasteiger partial charge is 0.300 e. The molecule has 11 heteroatoms. The van der Waals surface area contributed by atoms with Crippen molar-refractivity contribution in [3.05, 3.63) is 34.9 Å². The molecule has 0 bridgehead atoms. The molecule has 2 aromatic rings. The number of nitrogens with zero attached hydrogens (tertiary/aromatic N) is 3. The van der Waals surface area contributed by atoms with Crippen LogP contribution in [0.4, 0.5) is 5.13 Å². The van der Waals surface area contributed by atoms with Gasteiger partial charge in [0.2, 0.25) is 21.1 Å². The number of amides is 1. The molecule has 0 saturated carbocycles. The molecule has 0 spiro atoms. The number of carbonyl (C=O) groups excluding carboxylic acids is 1. The number of rotatable bonds is 8. The summed E-state index contributed by atoms with van der Waals surface area (Å²) in [7, 11) is -3.52. The summed E-state index contributed by atoms with van der Waals surface area (Å²) in [4.78, 5) is 12.7. The summed E-state index contributed by atoms with van der Waals surface area (Å²) in [6.07, 6.45) is 1.29. The van der Waals surface area contributed by atoms with Crippen LogP contribution in [0, 0.1) is 11.8 Å². The van der Waals surface area contributed by atoms with Crippen molar-refractivity contribution in [2.24, 2.45) is 11.8 Å². The number of benzene rings is 1. The summed E-state index contributed by atoms with van der Waals surface area (Å²) in [5.41, 5.74) is 0.672. The Morgan fingerprint density at radius 3 is 2.77 bits per heavy atom. The number of sulfonamides is 1. The Morgan fingerprint density at radius 2 is 2.07 bits per heavy atom. The van der Waals surface area contributed by atoms with Crippen molar-refractivity contribution in [3.63, 3.8) is 0 Å². The molecule has 1 fully saturated rings. The average molecular weight is 489 g/mol. The highest BCUT2D eigenvalue weighted by Crippen LogP contribution is 2.28. The van der Waals surface area contributed by atoms with Crippen LogP contribution in [-0.2, 0) is 20.6 Å². The molecule has 1 aromatic heterocycles. The van der Waals surface area contributed by atoms with Crippen molar-refractivity contribution in [2.45, 2.75) is 36.8 Å². The Labute approximate surface area is 190 Å². The van der Waals surface area contributed by atoms with Gasteiger partial charge in [-0.2, -0.15) is 0 Å². The molecule has 30 heavy (non-hydrogen) atoms. The Bertz CT molecular complexity index is 964. The van der Waals surface area contributed by atoms with Gasteiger partial charge in [-0.3, -0.25) is 4.79 Å². The van der Waals surface area contributed by atoms with Crippen LogP contribution in [-0.4, -0.2) is 47.7 Å². The molecule has 0 aliphatic carbocycles. The highest BCUT2D eigenvalue weighted by Gasteiger charge is 2.32. The Balaban J connectivity index is 1.58. The van der Waals surface area contributed by atoms with Gasteiger partial charge < -0.3 is 5.32 Å². The molecule has 1 saturated heterocycles. The molecule has 2 heterocycles. The SMILES string of the molecule is CC(C)CSc1nnc(NC(=O)[C@H]2CCCN(S(=O)(=O)Cc3ccc(Cl)cc3)C2)s1. The van der Waals surface area contributed by atoms with E-state index in [1.54, 1.807) is 36.0 Å². The minimum atomic E-state index is -3.52. The molecule has 1 amide bonds. The highest BCUT2D eigenvalue weighted by molar-refractivity contribution is 8.01. The summed E-state index contributed by atoms with van der Waals surface area (Å²) in [6, 6.07) is 6.76. The van der Waals surface area contributed by atoms with E-state index in [4.69, 9.17) is 11.6 Å². The molecule has 1 atom stereocenters. The second kappa shape index (κ2) is 10.4. The number of hydrogen-bond acceptors (Lipinski definition) is 7. The summed E-state index contributed by atoms with van der Waals surface area (Å²) < 4.78 is 27.9. The molecule has 1 aliphatic heterocycles. The fourth-order valence-electron chi connectivity index (χ4n) is 3.06. The number of hydrogen-bond donors (Lipinski definition) is 1. The van der Waals surface area contributed by atoms with Crippen LogP contribution in [0.3, 0.4) is 0 Å². The zero-order valence-electron chi connectivity index (χ0n) is 16.9. The van der Waals surface area contributed by atoms with Crippen LogP contribution in [0.25, 0.3) is 0 Å². The van der Waals surface area contributed by atoms with Crippen LogP contribution in [0.5, 0.6) is 0 Å². The number of halogens is 1. The minimum Gasteiger partial charge on any atom is -0.300 e. The van der Waals surface area contributed by atoms with Gasteiger partial charge in [0.15, 0.2) is 4.34 Å². The predicted molar refractivity (Wildman–Crippen MR) is 122 cm³/mol. The minimum absolute atomic E-state index is 0.106. The third-order valence-electron chi connectivity index (χ3n) is 4.59. The molecular formula is C19H25ClN4O3S3. The fourth-order valence-corrected chi connectivity index (χ4v) is 6.52. The fraction of sp³-hybridized carbons (Fsp3) is 0.526. The molecule has 3 rings (SSSR count). The molecule has 0 radical (unpaired) electrons. The van der Waals surface area contributed by atoms with Crippen molar-refractivity contribution in [2.75, 3.05) is 24.2 Å². The second-order valence-electron chi connectivity index (χ2n) is 7.65. The lowest BCUT2D eigenvalue weighted by Gasteiger charge is -2.31. The maximum absolute atomic E-state index is 12.8. The van der Waals surface area contributed by atoms with Gasteiger partial charge in [0.1, 0.15) is 0 Å². The number of piperidine rings is 1. The van der Waals surface area contributed by atoms with Gasteiger partial charge in [-0.05, 0) is 36.5 Å². The number of thioether (sulfide) groups is 1. The van der Waals surface area contributed by atoms with E-state index < -0.39 is 15.9 Å². The summed E-state index contributed by atoms with van der Waals surface area (Å²) >= 11 is 8.83. The zero-order valence-corrected chi connectivity index (χ0v) is 20.1. The molecule has 1 aromatic carbocycles. The molecule has 7 nitrogen and oxygen atoms in total. The van der Waals surface area contributed by atoms with E-state index in [0.29, 0.717) is 41.0 Å². The van der Waals surface area contributed by atoms with Crippen LogP contribution >= 0.6 is 34.7 Å². The summed E-state index contributed by atoms with van der Waals surface area (Å²) in [5, 5.41) is 11.9. The number of aromatic nitrogens is 2. The topological polar surface area (TPSA) is 92.3 Å². The first kappa shape index (κ1) is 23.5. The maximum Gasteiger partial charge on any atom is 0.230 e. The number of anilines is 1. The van der Waals surface area contributed by atoms with E-state index in [-0.39, 0.29) is 18.2 Å². The van der Waals surface area contributed by atoms with Crippen molar-refractivity contribution < 1.29 is 13.2 Å². The Kier molecular flexibility index (Phi) is 8.14. The molecule has 1 aliphatic rings. The second-order valence-corrected chi connectivity index (χ2v) is 12.3. The third kappa shape index (κ3) is 6.65. The van der Waals surface area contributed by atoms with Crippen LogP contribution in [0.15, 0.2) is 28.6 Å². The van der Waals surface area contributed by atoms with Crippen LogP contribution < -0.4 is 5.32 Å². The zero-order chi connectivity index (χ0) is 21.7. The van der Waals surface area contributed by atoms with E-state index in [0.717, 1.165) is 10.1 Å². The van der Waals surface area contributed by atoms with Crippen molar-refractivity contribution in [3.8, 4) is 0 Å². The van der Waals surface area contributed by atoms with Crippen LogP contribution in [0.2, 0.25) is 5.02 Å². The number of nitrogens with one attached hydrogen (secondary N) is 1. The Morgan fingerprint density at radius 1 is 1.33 bits per heavy atom. The van der Waals surface area contributed by atoms with E-state index in [9.17, 15) is 13.2 Å². The first-order valence-corrected chi connectivity index (χ1v) is 13.5. The van der Waals surface area contributed by atoms with Crippen molar-refractivity contribution >= 4 is 55.8 Å². The average Bonchev–Trinajstić information content (AvgIpc) is 3.15. The number of carbonyl (C=O) groups is 1. The van der Waals surface area contributed by atoms with Crippen molar-refractivity contribution in [1.82, 2.24) is 14.5 Å². The Hall–Kier alpha value is -1.20. The van der Waals surface area contributed by atoms with Crippen molar-refractivity contribution in [1.29, 1.82) is 0 Å². The van der Waals surface area contributed by atoms with Gasteiger partial charge >= 0.3 is 0 Å². The van der Waals surface area contributed by atoms with E-state index in [1.165, 1.54) is 15.6 Å². The third-order valence-corrected chi connectivity index (χ3v) is 9.05. The smallest absolute Gasteiger partial charge is 0.230 e. The predicted octanol–water partition coefficient (Wildman–Crippen LogP) is 4.12. The monoisotopic (exact) mass is 488 g/mol. The molecule has 164 valence electrons. The lowest BCUT2D eigenvalue weighted by Crippen LogP contribution is -2.44.